The van der Waals surface area contributed by atoms with Gasteiger partial charge in [-0.25, -0.2) is 4.98 Å². The standard InChI is InChI=1S/C27H40N3O3/c1-18-15-24-23(10-9-20(3)27(24,32)16-25(18)33-22(5)31)19(2)17-29-11-13-30(14-12-29)26-8-6-7-21(4)28-26/h6-8,15-16,19-20,23-25,32H,9-14,17H2,1-5H3/t19?,20-,23+,24-,25-,27-/m1/s1. The predicted octanol–water partition coefficient (Wildman–Crippen LogP) is 3.64. The van der Waals surface area contributed by atoms with Crippen molar-refractivity contribution < 1.29 is 14.6 Å². The third kappa shape index (κ3) is 5.12. The van der Waals surface area contributed by atoms with Gasteiger partial charge in [-0.05, 0) is 62.1 Å². The zero-order valence-electron chi connectivity index (χ0n) is 20.8. The molecule has 2 heterocycles. The van der Waals surface area contributed by atoms with Gasteiger partial charge in [0, 0.05) is 57.7 Å². The largest absolute Gasteiger partial charge is 0.458 e. The Hall–Kier alpha value is -1.92. The fourth-order valence-electron chi connectivity index (χ4n) is 6.16. The fourth-order valence-corrected chi connectivity index (χ4v) is 6.16. The van der Waals surface area contributed by atoms with Gasteiger partial charge in [0.2, 0.25) is 0 Å². The zero-order valence-corrected chi connectivity index (χ0v) is 20.8. The number of anilines is 1. The second-order valence-electron chi connectivity index (χ2n) is 10.6. The molecule has 1 radical (unpaired) electrons. The Morgan fingerprint density at radius 2 is 1.97 bits per heavy atom. The monoisotopic (exact) mass is 454 g/mol. The van der Waals surface area contributed by atoms with Crippen LogP contribution in [0.15, 0.2) is 29.8 Å². The third-order valence-corrected chi connectivity index (χ3v) is 8.17. The summed E-state index contributed by atoms with van der Waals surface area (Å²) in [6, 6.07) is 6.23. The summed E-state index contributed by atoms with van der Waals surface area (Å²) in [5.74, 6) is 1.88. The van der Waals surface area contributed by atoms with E-state index in [2.05, 4.69) is 46.8 Å². The molecule has 1 saturated carbocycles. The van der Waals surface area contributed by atoms with Crippen LogP contribution in [0.3, 0.4) is 0 Å². The van der Waals surface area contributed by atoms with Gasteiger partial charge in [0.05, 0.1) is 5.60 Å². The topological polar surface area (TPSA) is 65.9 Å². The van der Waals surface area contributed by atoms with Crippen molar-refractivity contribution in [2.24, 2.45) is 23.7 Å². The number of pyridine rings is 1. The van der Waals surface area contributed by atoms with Crippen LogP contribution in [0, 0.1) is 37.0 Å². The Morgan fingerprint density at radius 3 is 2.64 bits per heavy atom. The van der Waals surface area contributed by atoms with Gasteiger partial charge in [0.25, 0.3) is 0 Å². The lowest BCUT2D eigenvalue weighted by atomic mass is 9.57. The molecule has 6 atom stereocenters. The SMILES string of the molecule is CC(=O)O[C@@H]1[CH][C@@]2(O)[C@H](C)CC[C@@H](C(C)CN3CCN(c4cccc(C)n4)CC3)[C@H]2C=C1C. The van der Waals surface area contributed by atoms with Crippen LogP contribution in [0.2, 0.25) is 0 Å². The summed E-state index contributed by atoms with van der Waals surface area (Å²) in [5, 5.41) is 11.8. The van der Waals surface area contributed by atoms with Crippen LogP contribution < -0.4 is 4.90 Å². The van der Waals surface area contributed by atoms with Gasteiger partial charge in [-0.1, -0.05) is 26.0 Å². The number of rotatable bonds is 5. The van der Waals surface area contributed by atoms with Crippen molar-refractivity contribution in [2.75, 3.05) is 37.6 Å². The van der Waals surface area contributed by atoms with Crippen LogP contribution in [0.1, 0.15) is 46.2 Å². The summed E-state index contributed by atoms with van der Waals surface area (Å²) >= 11 is 0. The van der Waals surface area contributed by atoms with E-state index in [1.165, 1.54) is 6.92 Å². The smallest absolute Gasteiger partial charge is 0.303 e. The molecule has 2 fully saturated rings. The highest BCUT2D eigenvalue weighted by Gasteiger charge is 2.53. The first-order valence-corrected chi connectivity index (χ1v) is 12.5. The predicted molar refractivity (Wildman–Crippen MR) is 131 cm³/mol. The maximum atomic E-state index is 11.8. The maximum absolute atomic E-state index is 11.8. The van der Waals surface area contributed by atoms with E-state index in [0.29, 0.717) is 11.8 Å². The van der Waals surface area contributed by atoms with Crippen molar-refractivity contribution in [3.05, 3.63) is 42.0 Å². The number of aliphatic hydroxyl groups is 1. The molecule has 0 amide bonds. The summed E-state index contributed by atoms with van der Waals surface area (Å²) in [7, 11) is 0. The van der Waals surface area contributed by atoms with Gasteiger partial charge >= 0.3 is 5.97 Å². The van der Waals surface area contributed by atoms with Gasteiger partial charge in [-0.2, -0.15) is 0 Å². The zero-order chi connectivity index (χ0) is 23.8. The quantitative estimate of drug-likeness (QED) is 0.541. The number of hydrogen-bond acceptors (Lipinski definition) is 6. The molecule has 2 aliphatic carbocycles. The molecule has 1 aromatic heterocycles. The Bertz CT molecular complexity index is 879. The molecule has 6 heteroatoms. The average molecular weight is 455 g/mol. The van der Waals surface area contributed by atoms with Gasteiger partial charge in [0.15, 0.2) is 0 Å². The highest BCUT2D eigenvalue weighted by atomic mass is 16.5. The molecule has 6 nitrogen and oxygen atoms in total. The van der Waals surface area contributed by atoms with E-state index in [-0.39, 0.29) is 17.8 Å². The maximum Gasteiger partial charge on any atom is 0.303 e. The Kier molecular flexibility index (Phi) is 7.15. The molecule has 3 aliphatic rings. The number of hydrogen-bond donors (Lipinski definition) is 1. The van der Waals surface area contributed by atoms with Crippen molar-refractivity contribution in [3.63, 3.8) is 0 Å². The van der Waals surface area contributed by atoms with Gasteiger partial charge < -0.3 is 14.7 Å². The molecule has 0 bridgehead atoms. The first-order chi connectivity index (χ1) is 15.7. The molecule has 1 aliphatic heterocycles. The first kappa shape index (κ1) is 24.2. The van der Waals surface area contributed by atoms with Crippen molar-refractivity contribution in [3.8, 4) is 0 Å². The number of piperazine rings is 1. The van der Waals surface area contributed by atoms with E-state index in [1.807, 2.05) is 26.3 Å². The van der Waals surface area contributed by atoms with Crippen LogP contribution in [-0.2, 0) is 9.53 Å². The lowest BCUT2D eigenvalue weighted by Gasteiger charge is -2.53. The average Bonchev–Trinajstić information content (AvgIpc) is 2.76. The normalized spacial score (nSPS) is 33.8. The van der Waals surface area contributed by atoms with Crippen molar-refractivity contribution in [2.45, 2.75) is 59.2 Å². The van der Waals surface area contributed by atoms with Crippen LogP contribution in [-0.4, -0.2) is 65.4 Å². The summed E-state index contributed by atoms with van der Waals surface area (Å²) < 4.78 is 5.50. The highest BCUT2D eigenvalue weighted by molar-refractivity contribution is 5.66. The van der Waals surface area contributed by atoms with Crippen molar-refractivity contribution >= 4 is 11.8 Å². The molecule has 4 rings (SSSR count). The number of aryl methyl sites for hydroxylation is 1. The fraction of sp³-hybridized carbons (Fsp3) is 0.667. The van der Waals surface area contributed by atoms with Crippen LogP contribution >= 0.6 is 0 Å². The van der Waals surface area contributed by atoms with E-state index >= 15 is 0 Å². The minimum Gasteiger partial charge on any atom is -0.458 e. The van der Waals surface area contributed by atoms with E-state index in [4.69, 9.17) is 4.74 Å². The Morgan fingerprint density at radius 1 is 1.24 bits per heavy atom. The van der Waals surface area contributed by atoms with E-state index in [1.54, 1.807) is 0 Å². The van der Waals surface area contributed by atoms with Crippen LogP contribution in [0.4, 0.5) is 5.82 Å². The number of fused-ring (bicyclic) bond motifs is 1. The minimum atomic E-state index is -0.924. The van der Waals surface area contributed by atoms with Gasteiger partial charge in [-0.3, -0.25) is 9.69 Å². The van der Waals surface area contributed by atoms with E-state index in [0.717, 1.165) is 62.7 Å². The first-order valence-electron chi connectivity index (χ1n) is 12.5. The molecule has 181 valence electrons. The summed E-state index contributed by atoms with van der Waals surface area (Å²) in [5.41, 5.74) is 1.17. The molecule has 33 heavy (non-hydrogen) atoms. The highest BCUT2D eigenvalue weighted by Crippen LogP contribution is 2.50. The molecule has 1 N–H and O–H groups in total. The summed E-state index contributed by atoms with van der Waals surface area (Å²) in [6.07, 6.45) is 5.80. The molecule has 1 saturated heterocycles. The minimum absolute atomic E-state index is 0.0702. The second-order valence-corrected chi connectivity index (χ2v) is 10.6. The number of carbonyl (C=O) groups is 1. The molecular weight excluding hydrogens is 414 g/mol. The second kappa shape index (κ2) is 9.75. The molecular formula is C27H40N3O3. The van der Waals surface area contributed by atoms with Gasteiger partial charge in [-0.15, -0.1) is 0 Å². The lowest BCUT2D eigenvalue weighted by Crippen LogP contribution is -2.57. The van der Waals surface area contributed by atoms with Crippen molar-refractivity contribution in [1.82, 2.24) is 9.88 Å². The number of esters is 1. The third-order valence-electron chi connectivity index (χ3n) is 8.17. The van der Waals surface area contributed by atoms with E-state index < -0.39 is 11.7 Å². The number of aromatic nitrogens is 1. The van der Waals surface area contributed by atoms with Crippen LogP contribution in [0.5, 0.6) is 0 Å². The van der Waals surface area contributed by atoms with Gasteiger partial charge in [0.1, 0.15) is 11.9 Å². The Balaban J connectivity index is 1.40. The molecule has 1 aromatic rings. The molecule has 1 unspecified atom stereocenters. The lowest BCUT2D eigenvalue weighted by molar-refractivity contribution is -0.148. The molecule has 0 spiro atoms. The number of nitrogens with zero attached hydrogens (tertiary/aromatic N) is 3. The van der Waals surface area contributed by atoms with Crippen molar-refractivity contribution in [1.29, 1.82) is 0 Å². The Labute approximate surface area is 199 Å². The van der Waals surface area contributed by atoms with Crippen LogP contribution in [0.25, 0.3) is 0 Å². The summed E-state index contributed by atoms with van der Waals surface area (Å²) in [4.78, 5) is 21.2. The molecule has 0 aromatic carbocycles. The number of ether oxygens (including phenoxy) is 1. The summed E-state index contributed by atoms with van der Waals surface area (Å²) in [6.45, 7) is 15.1. The van der Waals surface area contributed by atoms with E-state index in [9.17, 15) is 9.90 Å². The number of carbonyl (C=O) groups excluding carboxylic acids is 1.